The van der Waals surface area contributed by atoms with E-state index >= 15 is 0 Å². The van der Waals surface area contributed by atoms with Crippen molar-refractivity contribution in [2.75, 3.05) is 7.11 Å². The van der Waals surface area contributed by atoms with Crippen LogP contribution in [0.25, 0.3) is 0 Å². The summed E-state index contributed by atoms with van der Waals surface area (Å²) in [6.07, 6.45) is 9.03. The molecule has 6 nitrogen and oxygen atoms in total. The summed E-state index contributed by atoms with van der Waals surface area (Å²) in [6, 6.07) is -0.0513. The first-order valence-electron chi connectivity index (χ1n) is 11.5. The van der Waals surface area contributed by atoms with Gasteiger partial charge in [0.15, 0.2) is 5.78 Å². The van der Waals surface area contributed by atoms with Gasteiger partial charge in [0, 0.05) is 24.3 Å². The second kappa shape index (κ2) is 6.57. The van der Waals surface area contributed by atoms with Crippen molar-refractivity contribution in [3.8, 4) is 0 Å². The minimum absolute atomic E-state index is 0.0102. The lowest BCUT2D eigenvalue weighted by atomic mass is 9.45. The van der Waals surface area contributed by atoms with Crippen LogP contribution >= 0.6 is 0 Å². The van der Waals surface area contributed by atoms with Crippen LogP contribution in [-0.2, 0) is 19.1 Å². The molecular formula is C24H33NO5. The Bertz CT molecular complexity index is 835. The molecular weight excluding hydrogens is 382 g/mol. The van der Waals surface area contributed by atoms with E-state index in [-0.39, 0.29) is 34.2 Å². The van der Waals surface area contributed by atoms with E-state index in [1.54, 1.807) is 0 Å². The zero-order chi connectivity index (χ0) is 21.3. The van der Waals surface area contributed by atoms with Crippen LogP contribution in [0, 0.1) is 28.6 Å². The van der Waals surface area contributed by atoms with E-state index in [1.807, 2.05) is 6.08 Å². The number of hydrogen-bond donors (Lipinski definition) is 1. The van der Waals surface area contributed by atoms with Gasteiger partial charge in [-0.15, -0.1) is 0 Å². The average Bonchev–Trinajstić information content (AvgIpc) is 3.23. The van der Waals surface area contributed by atoms with Crippen LogP contribution in [0.2, 0.25) is 0 Å². The third kappa shape index (κ3) is 2.57. The molecule has 1 aliphatic heterocycles. The molecule has 6 heteroatoms. The molecule has 4 aliphatic carbocycles. The van der Waals surface area contributed by atoms with Crippen molar-refractivity contribution >= 4 is 17.8 Å². The van der Waals surface area contributed by atoms with Gasteiger partial charge in [-0.25, -0.2) is 4.79 Å². The number of ketones is 1. The molecule has 5 aliphatic rings. The Balaban J connectivity index is 1.55. The summed E-state index contributed by atoms with van der Waals surface area (Å²) < 4.78 is 11.0. The Labute approximate surface area is 178 Å². The molecule has 1 amide bonds. The van der Waals surface area contributed by atoms with Crippen molar-refractivity contribution in [1.82, 2.24) is 5.32 Å². The number of carbonyl (C=O) groups is 3. The predicted molar refractivity (Wildman–Crippen MR) is 109 cm³/mol. The van der Waals surface area contributed by atoms with Crippen LogP contribution in [0.1, 0.15) is 71.6 Å². The summed E-state index contributed by atoms with van der Waals surface area (Å²) in [5.41, 5.74) is 0.814. The van der Waals surface area contributed by atoms with Crippen LogP contribution in [0.15, 0.2) is 11.6 Å². The van der Waals surface area contributed by atoms with Crippen molar-refractivity contribution in [1.29, 1.82) is 0 Å². The lowest BCUT2D eigenvalue weighted by Crippen LogP contribution is -2.61. The summed E-state index contributed by atoms with van der Waals surface area (Å²) in [6.45, 7) is 4.66. The fourth-order valence-electron chi connectivity index (χ4n) is 8.22. The molecule has 0 aromatic heterocycles. The molecule has 0 bridgehead atoms. The Morgan fingerprint density at radius 2 is 1.87 bits per heavy atom. The van der Waals surface area contributed by atoms with E-state index in [2.05, 4.69) is 19.2 Å². The first-order chi connectivity index (χ1) is 14.2. The standard InChI is InChI=1S/C24H33NO5/c1-22-8-4-15(26)12-14(22)13-18(25-21(28)29-3)20-16(22)5-9-23(2)17(20)6-10-24(23)11-7-19(27)30-24/h12,16-18,20H,4-11,13H2,1-3H3,(H,25,28)/t16-,17-,18+,20+,22-,23-,24+/m0/s1. The lowest BCUT2D eigenvalue weighted by molar-refractivity contribution is -0.169. The Morgan fingerprint density at radius 3 is 2.57 bits per heavy atom. The molecule has 5 rings (SSSR count). The number of nitrogens with one attached hydrogen (secondary N) is 1. The number of ether oxygens (including phenoxy) is 2. The highest BCUT2D eigenvalue weighted by atomic mass is 16.6. The molecule has 0 aromatic carbocycles. The fourth-order valence-corrected chi connectivity index (χ4v) is 8.22. The van der Waals surface area contributed by atoms with Gasteiger partial charge in [0.05, 0.1) is 7.11 Å². The number of amides is 1. The van der Waals surface area contributed by atoms with Gasteiger partial charge in [0.1, 0.15) is 5.60 Å². The summed E-state index contributed by atoms with van der Waals surface area (Å²) >= 11 is 0. The van der Waals surface area contributed by atoms with Crippen molar-refractivity contribution in [2.45, 2.75) is 83.3 Å². The molecule has 7 atom stereocenters. The minimum Gasteiger partial charge on any atom is -0.458 e. The van der Waals surface area contributed by atoms with Crippen LogP contribution < -0.4 is 5.32 Å². The Kier molecular flexibility index (Phi) is 4.40. The summed E-state index contributed by atoms with van der Waals surface area (Å²) in [5, 5.41) is 3.13. The van der Waals surface area contributed by atoms with Crippen molar-refractivity contribution in [3.63, 3.8) is 0 Å². The molecule has 1 spiro atoms. The molecule has 3 saturated carbocycles. The number of fused-ring (bicyclic) bond motifs is 6. The van der Waals surface area contributed by atoms with Gasteiger partial charge >= 0.3 is 12.1 Å². The van der Waals surface area contributed by atoms with Gasteiger partial charge in [-0.3, -0.25) is 9.59 Å². The molecule has 0 unspecified atom stereocenters. The maximum Gasteiger partial charge on any atom is 0.407 e. The van der Waals surface area contributed by atoms with Gasteiger partial charge in [-0.1, -0.05) is 19.4 Å². The number of esters is 1. The third-order valence-electron chi connectivity index (χ3n) is 9.84. The van der Waals surface area contributed by atoms with Gasteiger partial charge in [0.25, 0.3) is 0 Å². The molecule has 4 fully saturated rings. The number of rotatable bonds is 1. The maximum absolute atomic E-state index is 12.2. The predicted octanol–water partition coefficient (Wildman–Crippen LogP) is 3.93. The average molecular weight is 416 g/mol. The highest BCUT2D eigenvalue weighted by molar-refractivity contribution is 5.91. The highest BCUT2D eigenvalue weighted by Crippen LogP contribution is 2.69. The SMILES string of the molecule is COC(=O)N[C@@H]1CC2=CC(=O)CC[C@]2(C)[C@H]2CC[C@@]3(C)[C@@H](CC[C@@]34CCC(=O)O4)[C@H]12. The maximum atomic E-state index is 12.2. The minimum atomic E-state index is -0.405. The van der Waals surface area contributed by atoms with Crippen molar-refractivity contribution < 1.29 is 23.9 Å². The molecule has 164 valence electrons. The van der Waals surface area contributed by atoms with Gasteiger partial charge < -0.3 is 14.8 Å². The van der Waals surface area contributed by atoms with Crippen LogP contribution in [0.5, 0.6) is 0 Å². The van der Waals surface area contributed by atoms with Gasteiger partial charge in [-0.2, -0.15) is 0 Å². The number of carbonyl (C=O) groups excluding carboxylic acids is 3. The summed E-state index contributed by atoms with van der Waals surface area (Å²) in [5.74, 6) is 1.25. The number of alkyl carbamates (subject to hydrolysis) is 1. The smallest absolute Gasteiger partial charge is 0.407 e. The third-order valence-corrected chi connectivity index (χ3v) is 9.84. The molecule has 1 N–H and O–H groups in total. The summed E-state index contributed by atoms with van der Waals surface area (Å²) in [7, 11) is 1.40. The lowest BCUT2D eigenvalue weighted by Gasteiger charge is -2.61. The monoisotopic (exact) mass is 415 g/mol. The van der Waals surface area contributed by atoms with Crippen LogP contribution in [0.4, 0.5) is 4.79 Å². The van der Waals surface area contributed by atoms with Crippen LogP contribution in [0.3, 0.4) is 0 Å². The fraction of sp³-hybridized carbons (Fsp3) is 0.792. The van der Waals surface area contributed by atoms with E-state index in [4.69, 9.17) is 9.47 Å². The highest BCUT2D eigenvalue weighted by Gasteiger charge is 2.68. The quantitative estimate of drug-likeness (QED) is 0.656. The normalized spacial score (nSPS) is 47.1. The molecule has 0 aromatic rings. The summed E-state index contributed by atoms with van der Waals surface area (Å²) in [4.78, 5) is 36.5. The van der Waals surface area contributed by atoms with E-state index in [0.717, 1.165) is 38.5 Å². The number of hydrogen-bond acceptors (Lipinski definition) is 5. The Morgan fingerprint density at radius 1 is 1.10 bits per heavy atom. The molecule has 30 heavy (non-hydrogen) atoms. The largest absolute Gasteiger partial charge is 0.458 e. The van der Waals surface area contributed by atoms with E-state index in [1.165, 1.54) is 12.7 Å². The molecule has 0 radical (unpaired) electrons. The van der Waals surface area contributed by atoms with Gasteiger partial charge in [-0.05, 0) is 74.2 Å². The van der Waals surface area contributed by atoms with Gasteiger partial charge in [0.2, 0.25) is 0 Å². The zero-order valence-electron chi connectivity index (χ0n) is 18.3. The van der Waals surface area contributed by atoms with E-state index in [9.17, 15) is 14.4 Å². The molecule has 1 heterocycles. The second-order valence-corrected chi connectivity index (χ2v) is 10.8. The zero-order valence-corrected chi connectivity index (χ0v) is 18.3. The van der Waals surface area contributed by atoms with Crippen molar-refractivity contribution in [2.24, 2.45) is 28.6 Å². The van der Waals surface area contributed by atoms with E-state index in [0.29, 0.717) is 37.0 Å². The topological polar surface area (TPSA) is 81.7 Å². The first-order valence-corrected chi connectivity index (χ1v) is 11.5. The number of methoxy groups -OCH3 is 1. The van der Waals surface area contributed by atoms with Crippen molar-refractivity contribution in [3.05, 3.63) is 11.6 Å². The first kappa shape index (κ1) is 20.1. The second-order valence-electron chi connectivity index (χ2n) is 10.8. The van der Waals surface area contributed by atoms with Crippen LogP contribution in [-0.4, -0.2) is 36.6 Å². The molecule has 1 saturated heterocycles. The van der Waals surface area contributed by atoms with E-state index < -0.39 is 6.09 Å². The Hall–Kier alpha value is -1.85.